The highest BCUT2D eigenvalue weighted by Gasteiger charge is 2.06. The van der Waals surface area contributed by atoms with Crippen LogP contribution in [0.2, 0.25) is 0 Å². The van der Waals surface area contributed by atoms with E-state index in [2.05, 4.69) is 55.9 Å². The number of phenolic OH excluding ortho intramolecular Hbond substituents is 1. The number of hydrogen-bond acceptors (Lipinski definition) is 4. The molecule has 5 rings (SSSR count). The SMILES string of the molecule is Cc1cc(NCc2ccc3[nH]ccc3c2)cc(NCCc2c[nH]c3ccc(O)cc23)n1. The summed E-state index contributed by atoms with van der Waals surface area (Å²) >= 11 is 0. The van der Waals surface area contributed by atoms with Crippen molar-refractivity contribution in [2.24, 2.45) is 0 Å². The Hall–Kier alpha value is -3.93. The lowest BCUT2D eigenvalue weighted by Gasteiger charge is -2.11. The summed E-state index contributed by atoms with van der Waals surface area (Å²) in [7, 11) is 0. The van der Waals surface area contributed by atoms with E-state index >= 15 is 0 Å². The first-order valence-corrected chi connectivity index (χ1v) is 10.5. The molecule has 0 atom stereocenters. The van der Waals surface area contributed by atoms with Crippen molar-refractivity contribution in [1.29, 1.82) is 0 Å². The molecule has 0 saturated heterocycles. The molecule has 156 valence electrons. The van der Waals surface area contributed by atoms with Gasteiger partial charge in [-0.05, 0) is 72.3 Å². The average Bonchev–Trinajstić information content (AvgIpc) is 3.38. The molecule has 0 radical (unpaired) electrons. The van der Waals surface area contributed by atoms with Gasteiger partial charge in [0, 0.05) is 59.4 Å². The first-order valence-electron chi connectivity index (χ1n) is 10.5. The monoisotopic (exact) mass is 411 g/mol. The molecule has 0 bridgehead atoms. The zero-order valence-electron chi connectivity index (χ0n) is 17.4. The molecular formula is C25H25N5O. The quantitative estimate of drug-likeness (QED) is 0.251. The van der Waals surface area contributed by atoms with E-state index < -0.39 is 0 Å². The van der Waals surface area contributed by atoms with E-state index in [1.165, 1.54) is 16.5 Å². The zero-order chi connectivity index (χ0) is 21.2. The van der Waals surface area contributed by atoms with Crippen molar-refractivity contribution in [1.82, 2.24) is 15.0 Å². The highest BCUT2D eigenvalue weighted by atomic mass is 16.3. The molecule has 0 aliphatic rings. The number of H-pyrrole nitrogens is 2. The van der Waals surface area contributed by atoms with Gasteiger partial charge in [0.15, 0.2) is 0 Å². The van der Waals surface area contributed by atoms with Crippen LogP contribution in [0.5, 0.6) is 5.75 Å². The van der Waals surface area contributed by atoms with Gasteiger partial charge in [-0.15, -0.1) is 0 Å². The summed E-state index contributed by atoms with van der Waals surface area (Å²) in [6, 6.07) is 18.0. The van der Waals surface area contributed by atoms with Crippen molar-refractivity contribution >= 4 is 33.3 Å². The number of nitrogens with one attached hydrogen (secondary N) is 4. The van der Waals surface area contributed by atoms with Crippen LogP contribution in [0.25, 0.3) is 21.8 Å². The van der Waals surface area contributed by atoms with Crippen molar-refractivity contribution < 1.29 is 5.11 Å². The van der Waals surface area contributed by atoms with Crippen LogP contribution in [0.15, 0.2) is 67.0 Å². The number of nitrogens with zero attached hydrogens (tertiary/aromatic N) is 1. The van der Waals surface area contributed by atoms with Gasteiger partial charge in [-0.25, -0.2) is 4.98 Å². The molecule has 5 aromatic rings. The third-order valence-corrected chi connectivity index (χ3v) is 5.52. The van der Waals surface area contributed by atoms with E-state index in [9.17, 15) is 5.11 Å². The number of aromatic hydroxyl groups is 1. The lowest BCUT2D eigenvalue weighted by atomic mass is 10.1. The van der Waals surface area contributed by atoms with Crippen LogP contribution in [-0.2, 0) is 13.0 Å². The fourth-order valence-electron chi connectivity index (χ4n) is 3.98. The van der Waals surface area contributed by atoms with Gasteiger partial charge in [-0.1, -0.05) is 6.07 Å². The van der Waals surface area contributed by atoms with E-state index in [1.807, 2.05) is 31.5 Å². The number of rotatable bonds is 7. The van der Waals surface area contributed by atoms with Crippen molar-refractivity contribution in [3.05, 3.63) is 83.8 Å². The Balaban J connectivity index is 1.23. The summed E-state index contributed by atoms with van der Waals surface area (Å²) in [5, 5.41) is 19.0. The summed E-state index contributed by atoms with van der Waals surface area (Å²) < 4.78 is 0. The number of benzene rings is 2. The van der Waals surface area contributed by atoms with E-state index in [0.717, 1.165) is 53.1 Å². The highest BCUT2D eigenvalue weighted by Crippen LogP contribution is 2.24. The predicted octanol–water partition coefficient (Wildman–Crippen LogP) is 5.32. The summed E-state index contributed by atoms with van der Waals surface area (Å²) in [6.07, 6.45) is 4.80. The van der Waals surface area contributed by atoms with Gasteiger partial charge in [0.2, 0.25) is 0 Å². The van der Waals surface area contributed by atoms with E-state index in [1.54, 1.807) is 12.1 Å². The minimum Gasteiger partial charge on any atom is -0.508 e. The molecular weight excluding hydrogens is 386 g/mol. The molecule has 6 heteroatoms. The molecule has 0 aliphatic heterocycles. The number of aryl methyl sites for hydroxylation is 1. The lowest BCUT2D eigenvalue weighted by Crippen LogP contribution is -2.08. The van der Waals surface area contributed by atoms with E-state index in [-0.39, 0.29) is 5.75 Å². The van der Waals surface area contributed by atoms with Gasteiger partial charge in [-0.2, -0.15) is 0 Å². The second-order valence-electron chi connectivity index (χ2n) is 7.86. The summed E-state index contributed by atoms with van der Waals surface area (Å²) in [6.45, 7) is 3.51. The van der Waals surface area contributed by atoms with Crippen molar-refractivity contribution in [2.45, 2.75) is 19.9 Å². The minimum absolute atomic E-state index is 0.285. The lowest BCUT2D eigenvalue weighted by molar-refractivity contribution is 0.476. The van der Waals surface area contributed by atoms with Gasteiger partial charge in [-0.3, -0.25) is 0 Å². The molecule has 3 heterocycles. The van der Waals surface area contributed by atoms with E-state index in [0.29, 0.717) is 0 Å². The molecule has 31 heavy (non-hydrogen) atoms. The van der Waals surface area contributed by atoms with Crippen LogP contribution in [-0.4, -0.2) is 26.6 Å². The van der Waals surface area contributed by atoms with Gasteiger partial charge >= 0.3 is 0 Å². The fourth-order valence-corrected chi connectivity index (χ4v) is 3.98. The van der Waals surface area contributed by atoms with E-state index in [4.69, 9.17) is 0 Å². The van der Waals surface area contributed by atoms with Crippen LogP contribution >= 0.6 is 0 Å². The Kier molecular flexibility index (Phi) is 4.96. The number of hydrogen-bond donors (Lipinski definition) is 5. The third-order valence-electron chi connectivity index (χ3n) is 5.52. The van der Waals surface area contributed by atoms with Crippen LogP contribution in [0.1, 0.15) is 16.8 Å². The first kappa shape index (κ1) is 19.1. The third kappa shape index (κ3) is 4.19. The molecule has 0 amide bonds. The van der Waals surface area contributed by atoms with Crippen molar-refractivity contribution in [2.75, 3.05) is 17.2 Å². The van der Waals surface area contributed by atoms with Crippen LogP contribution in [0.3, 0.4) is 0 Å². The molecule has 0 saturated carbocycles. The summed E-state index contributed by atoms with van der Waals surface area (Å²) in [5.41, 5.74) is 6.60. The van der Waals surface area contributed by atoms with Crippen molar-refractivity contribution in [3.63, 3.8) is 0 Å². The maximum Gasteiger partial charge on any atom is 0.128 e. The molecule has 3 aromatic heterocycles. The first-order chi connectivity index (χ1) is 15.1. The second-order valence-corrected chi connectivity index (χ2v) is 7.86. The molecule has 0 spiro atoms. The molecule has 0 unspecified atom stereocenters. The number of pyridine rings is 1. The maximum atomic E-state index is 9.76. The largest absolute Gasteiger partial charge is 0.508 e. The standard InChI is InChI=1S/C25H25N5O/c1-16-10-20(28-14-17-2-4-23-18(11-17)6-8-26-23)12-25(30-16)27-9-7-19-15-29-24-5-3-21(31)13-22(19)24/h2-6,8,10-13,15,26,29,31H,7,9,14H2,1H3,(H2,27,28,30). The Morgan fingerprint density at radius 3 is 2.77 bits per heavy atom. The smallest absolute Gasteiger partial charge is 0.128 e. The number of anilines is 2. The molecule has 2 aromatic carbocycles. The molecule has 6 nitrogen and oxygen atoms in total. The van der Waals surface area contributed by atoms with Crippen LogP contribution in [0.4, 0.5) is 11.5 Å². The van der Waals surface area contributed by atoms with Gasteiger partial charge in [0.25, 0.3) is 0 Å². The van der Waals surface area contributed by atoms with Crippen LogP contribution in [0, 0.1) is 6.92 Å². The van der Waals surface area contributed by atoms with Crippen LogP contribution < -0.4 is 10.6 Å². The summed E-state index contributed by atoms with van der Waals surface area (Å²) in [4.78, 5) is 11.1. The number of phenols is 1. The van der Waals surface area contributed by atoms with Gasteiger partial charge < -0.3 is 25.7 Å². The number of aromatic nitrogens is 3. The normalized spacial score (nSPS) is 11.3. The second kappa shape index (κ2) is 8.07. The maximum absolute atomic E-state index is 9.76. The Labute approximate surface area is 180 Å². The minimum atomic E-state index is 0.285. The fraction of sp³-hybridized carbons (Fsp3) is 0.160. The highest BCUT2D eigenvalue weighted by molar-refractivity contribution is 5.84. The Bertz CT molecular complexity index is 1350. The molecule has 0 fully saturated rings. The Morgan fingerprint density at radius 2 is 1.84 bits per heavy atom. The van der Waals surface area contributed by atoms with Gasteiger partial charge in [0.1, 0.15) is 11.6 Å². The average molecular weight is 412 g/mol. The summed E-state index contributed by atoms with van der Waals surface area (Å²) in [5.74, 6) is 1.14. The molecule has 0 aliphatic carbocycles. The van der Waals surface area contributed by atoms with Gasteiger partial charge in [0.05, 0.1) is 0 Å². The Morgan fingerprint density at radius 1 is 0.935 bits per heavy atom. The number of fused-ring (bicyclic) bond motifs is 2. The number of aromatic amines is 2. The topological polar surface area (TPSA) is 88.8 Å². The molecule has 5 N–H and O–H groups in total. The van der Waals surface area contributed by atoms with Crippen molar-refractivity contribution in [3.8, 4) is 5.75 Å². The zero-order valence-corrected chi connectivity index (χ0v) is 17.4. The predicted molar refractivity (Wildman–Crippen MR) is 127 cm³/mol.